The van der Waals surface area contributed by atoms with Gasteiger partial charge in [-0.1, -0.05) is 54.6 Å². The van der Waals surface area contributed by atoms with E-state index in [-0.39, 0.29) is 5.78 Å². The number of carbonyl (C=O) groups is 1. The predicted octanol–water partition coefficient (Wildman–Crippen LogP) is 2.50. The minimum atomic E-state index is 0.133. The molecule has 4 rings (SSSR count). The fourth-order valence-electron chi connectivity index (χ4n) is 3.23. The fourth-order valence-corrected chi connectivity index (χ4v) is 3.23. The number of benzene rings is 2. The van der Waals surface area contributed by atoms with Crippen molar-refractivity contribution in [3.05, 3.63) is 64.1 Å². The summed E-state index contributed by atoms with van der Waals surface area (Å²) in [5.41, 5.74) is 3.40. The Labute approximate surface area is 117 Å². The van der Waals surface area contributed by atoms with E-state index < -0.39 is 0 Å². The largest absolute Gasteiger partial charge is 0.294 e. The molecule has 0 aliphatic heterocycles. The number of carbonyl (C=O) groups excluding carboxylic acids is 1. The normalized spacial score (nSPS) is 15.2. The first-order chi connectivity index (χ1) is 9.75. The molecule has 1 heteroatoms. The Morgan fingerprint density at radius 2 is 1.90 bits per heavy atom. The average molecular weight is 258 g/mol. The zero-order valence-electron chi connectivity index (χ0n) is 11.3. The molecule has 0 heterocycles. The number of hydrogen-bond acceptors (Lipinski definition) is 1. The standard InChI is InChI=1S/C19H14O/c1-12(20)14-8-9-19-16(14)10-11-17-15-5-3-2-4-13(15)6-7-18(17)19/h2-4,6-11H,5H2,1H3. The third kappa shape index (κ3) is 1.47. The lowest BCUT2D eigenvalue weighted by Crippen LogP contribution is -2.14. The highest BCUT2D eigenvalue weighted by molar-refractivity contribution is 6.20. The second-order valence-electron chi connectivity index (χ2n) is 5.36. The van der Waals surface area contributed by atoms with Crippen molar-refractivity contribution in [1.82, 2.24) is 0 Å². The smallest absolute Gasteiger partial charge is 0.160 e. The third-order valence-corrected chi connectivity index (χ3v) is 4.21. The van der Waals surface area contributed by atoms with Crippen molar-refractivity contribution in [3.8, 4) is 0 Å². The molecule has 2 aliphatic carbocycles. The Kier molecular flexibility index (Phi) is 2.31. The first-order valence-corrected chi connectivity index (χ1v) is 6.90. The summed E-state index contributed by atoms with van der Waals surface area (Å²) >= 11 is 0. The van der Waals surface area contributed by atoms with Gasteiger partial charge in [-0.25, -0.2) is 0 Å². The summed E-state index contributed by atoms with van der Waals surface area (Å²) in [7, 11) is 0. The first kappa shape index (κ1) is 11.4. The molecule has 0 amide bonds. The van der Waals surface area contributed by atoms with Crippen LogP contribution in [0.3, 0.4) is 0 Å². The molecule has 20 heavy (non-hydrogen) atoms. The van der Waals surface area contributed by atoms with Crippen LogP contribution in [0.25, 0.3) is 28.5 Å². The molecule has 2 aliphatic rings. The molecule has 2 aromatic rings. The molecule has 0 bridgehead atoms. The van der Waals surface area contributed by atoms with Crippen LogP contribution in [-0.4, -0.2) is 5.78 Å². The summed E-state index contributed by atoms with van der Waals surface area (Å²) in [6.45, 7) is 1.63. The van der Waals surface area contributed by atoms with Crippen molar-refractivity contribution in [2.24, 2.45) is 0 Å². The zero-order valence-corrected chi connectivity index (χ0v) is 11.3. The second-order valence-corrected chi connectivity index (χ2v) is 5.36. The molecule has 96 valence electrons. The van der Waals surface area contributed by atoms with E-state index >= 15 is 0 Å². The van der Waals surface area contributed by atoms with Crippen molar-refractivity contribution in [3.63, 3.8) is 0 Å². The molecule has 0 radical (unpaired) electrons. The number of allylic oxidation sites excluding steroid dienone is 3. The summed E-state index contributed by atoms with van der Waals surface area (Å²) in [5.74, 6) is 0.133. The van der Waals surface area contributed by atoms with E-state index in [1.165, 1.54) is 27.1 Å². The van der Waals surface area contributed by atoms with Gasteiger partial charge in [-0.15, -0.1) is 0 Å². The molecule has 1 nitrogen and oxygen atoms in total. The Morgan fingerprint density at radius 3 is 2.75 bits per heavy atom. The number of rotatable bonds is 1. The molecular weight excluding hydrogens is 244 g/mol. The Balaban J connectivity index is 2.15. The maximum atomic E-state index is 11.7. The lowest BCUT2D eigenvalue weighted by Gasteiger charge is -2.10. The van der Waals surface area contributed by atoms with Crippen LogP contribution in [0.4, 0.5) is 0 Å². The molecule has 0 saturated carbocycles. The van der Waals surface area contributed by atoms with Crippen LogP contribution in [-0.2, 0) is 11.2 Å². The number of hydrogen-bond donors (Lipinski definition) is 0. The van der Waals surface area contributed by atoms with Crippen LogP contribution in [0, 0.1) is 0 Å². The topological polar surface area (TPSA) is 17.1 Å². The van der Waals surface area contributed by atoms with Crippen LogP contribution in [0.5, 0.6) is 0 Å². The highest BCUT2D eigenvalue weighted by Crippen LogP contribution is 2.24. The summed E-state index contributed by atoms with van der Waals surface area (Å²) in [6.07, 6.45) is 11.5. The Bertz CT molecular complexity index is 940. The van der Waals surface area contributed by atoms with Gasteiger partial charge >= 0.3 is 0 Å². The summed E-state index contributed by atoms with van der Waals surface area (Å²) in [4.78, 5) is 11.7. The van der Waals surface area contributed by atoms with Gasteiger partial charge in [-0.3, -0.25) is 4.79 Å². The van der Waals surface area contributed by atoms with Crippen LogP contribution in [0.2, 0.25) is 0 Å². The van der Waals surface area contributed by atoms with Crippen molar-refractivity contribution in [2.45, 2.75) is 13.3 Å². The van der Waals surface area contributed by atoms with E-state index in [4.69, 9.17) is 0 Å². The first-order valence-electron chi connectivity index (χ1n) is 6.90. The van der Waals surface area contributed by atoms with Gasteiger partial charge in [-0.05, 0) is 45.7 Å². The van der Waals surface area contributed by atoms with E-state index in [1.807, 2.05) is 6.08 Å². The van der Waals surface area contributed by atoms with Gasteiger partial charge in [0, 0.05) is 5.57 Å². The van der Waals surface area contributed by atoms with Gasteiger partial charge in [0.1, 0.15) is 0 Å². The SMILES string of the molecule is CC(=O)C1=c2ccc3c4c(ccc3c2C=C1)=CC=CC4. The molecule has 0 N–H and O–H groups in total. The van der Waals surface area contributed by atoms with Crippen molar-refractivity contribution in [1.29, 1.82) is 0 Å². The maximum absolute atomic E-state index is 11.7. The van der Waals surface area contributed by atoms with Crippen LogP contribution < -0.4 is 10.4 Å². The molecule has 0 atom stereocenters. The maximum Gasteiger partial charge on any atom is 0.160 e. The van der Waals surface area contributed by atoms with E-state index in [0.29, 0.717) is 0 Å². The van der Waals surface area contributed by atoms with Gasteiger partial charge in [0.25, 0.3) is 0 Å². The molecule has 0 spiro atoms. The highest BCUT2D eigenvalue weighted by Gasteiger charge is 2.14. The van der Waals surface area contributed by atoms with Crippen molar-refractivity contribution in [2.75, 3.05) is 0 Å². The van der Waals surface area contributed by atoms with Gasteiger partial charge in [0.05, 0.1) is 0 Å². The number of fused-ring (bicyclic) bond motifs is 5. The van der Waals surface area contributed by atoms with Crippen LogP contribution in [0.15, 0.2) is 42.5 Å². The van der Waals surface area contributed by atoms with Gasteiger partial charge in [-0.2, -0.15) is 0 Å². The summed E-state index contributed by atoms with van der Waals surface area (Å²) in [5, 5.41) is 4.92. The van der Waals surface area contributed by atoms with Gasteiger partial charge in [0.15, 0.2) is 5.78 Å². The molecule has 0 unspecified atom stereocenters. The minimum absolute atomic E-state index is 0.133. The highest BCUT2D eigenvalue weighted by atomic mass is 16.1. The molecule has 0 aromatic heterocycles. The monoisotopic (exact) mass is 258 g/mol. The van der Waals surface area contributed by atoms with Gasteiger partial charge < -0.3 is 0 Å². The Hall–Kier alpha value is -2.41. The minimum Gasteiger partial charge on any atom is -0.294 e. The lowest BCUT2D eigenvalue weighted by molar-refractivity contribution is -0.111. The third-order valence-electron chi connectivity index (χ3n) is 4.21. The molecule has 0 saturated heterocycles. The molecule has 2 aromatic carbocycles. The van der Waals surface area contributed by atoms with Crippen LogP contribution in [0.1, 0.15) is 18.1 Å². The van der Waals surface area contributed by atoms with E-state index in [0.717, 1.165) is 17.2 Å². The molecule has 0 fully saturated rings. The number of ketones is 1. The Morgan fingerprint density at radius 1 is 1.05 bits per heavy atom. The molecular formula is C19H14O. The van der Waals surface area contributed by atoms with Crippen LogP contribution >= 0.6 is 0 Å². The number of Topliss-reactive ketones (excluding diaryl/α,β-unsaturated/α-hetero) is 1. The average Bonchev–Trinajstić information content (AvgIpc) is 2.91. The van der Waals surface area contributed by atoms with Gasteiger partial charge in [0.2, 0.25) is 0 Å². The van der Waals surface area contributed by atoms with E-state index in [2.05, 4.69) is 48.6 Å². The van der Waals surface area contributed by atoms with Crippen molar-refractivity contribution >= 4 is 34.3 Å². The zero-order chi connectivity index (χ0) is 13.7. The van der Waals surface area contributed by atoms with E-state index in [1.54, 1.807) is 6.92 Å². The quantitative estimate of drug-likeness (QED) is 0.768. The summed E-state index contributed by atoms with van der Waals surface area (Å²) in [6, 6.07) is 8.61. The lowest BCUT2D eigenvalue weighted by atomic mass is 9.94. The predicted molar refractivity (Wildman–Crippen MR) is 83.6 cm³/mol. The second kappa shape index (κ2) is 4.04. The van der Waals surface area contributed by atoms with Crippen molar-refractivity contribution < 1.29 is 4.79 Å². The van der Waals surface area contributed by atoms with E-state index in [9.17, 15) is 4.79 Å². The fraction of sp³-hybridized carbons (Fsp3) is 0.105. The summed E-state index contributed by atoms with van der Waals surface area (Å²) < 4.78 is 0.